The average molecular weight is 330 g/mol. The zero-order valence-corrected chi connectivity index (χ0v) is 13.3. The van der Waals surface area contributed by atoms with Crippen LogP contribution in [0, 0.1) is 0 Å². The Hall–Kier alpha value is -2.15. The molecule has 2 aromatic rings. The number of Topliss-reactive ketones (excluding diaryl/α,β-unsaturated/α-hetero) is 1. The molecule has 0 unspecified atom stereocenters. The molecule has 1 amide bonds. The lowest BCUT2D eigenvalue weighted by Crippen LogP contribution is -2.61. The summed E-state index contributed by atoms with van der Waals surface area (Å²) in [6.45, 7) is 0. The van der Waals surface area contributed by atoms with Gasteiger partial charge in [-0.3, -0.25) is 14.8 Å². The normalized spacial score (nSPS) is 13.2. The first kappa shape index (κ1) is 17.2. The summed E-state index contributed by atoms with van der Waals surface area (Å²) in [4.78, 5) is 23.9. The summed E-state index contributed by atoms with van der Waals surface area (Å²) in [6.07, 6.45) is -0.0143. The van der Waals surface area contributed by atoms with Crippen LogP contribution in [0.3, 0.4) is 0 Å². The van der Waals surface area contributed by atoms with Gasteiger partial charge in [0.15, 0.2) is 11.3 Å². The van der Waals surface area contributed by atoms with Crippen LogP contribution in [0.15, 0.2) is 54.6 Å². The molecule has 23 heavy (non-hydrogen) atoms. The summed E-state index contributed by atoms with van der Waals surface area (Å²) in [6, 6.07) is 17.3. The Morgan fingerprint density at radius 3 is 2.13 bits per heavy atom. The van der Waals surface area contributed by atoms with Crippen molar-refractivity contribution in [3.05, 3.63) is 60.2 Å². The Labute approximate surface area is 139 Å². The van der Waals surface area contributed by atoms with E-state index >= 15 is 0 Å². The van der Waals surface area contributed by atoms with E-state index in [4.69, 9.17) is 10.9 Å². The quantitative estimate of drug-likeness (QED) is 0.280. The van der Waals surface area contributed by atoms with E-state index in [1.54, 1.807) is 0 Å². The Kier molecular flexibility index (Phi) is 5.54. The Morgan fingerprint density at radius 1 is 1.04 bits per heavy atom. The SMILES string of the molecule is N[C@](CS)(C(=O)Cc1ccc(-c2ccccc2)cc1)C(=O)NO. The topological polar surface area (TPSA) is 92.4 Å². The molecule has 0 fully saturated rings. The van der Waals surface area contributed by atoms with Crippen LogP contribution in [0.2, 0.25) is 0 Å². The van der Waals surface area contributed by atoms with Gasteiger partial charge >= 0.3 is 0 Å². The van der Waals surface area contributed by atoms with Gasteiger partial charge in [0.2, 0.25) is 0 Å². The van der Waals surface area contributed by atoms with E-state index in [0.717, 1.165) is 16.7 Å². The van der Waals surface area contributed by atoms with Crippen LogP contribution >= 0.6 is 12.6 Å². The summed E-state index contributed by atoms with van der Waals surface area (Å²) in [5.41, 5.74) is 8.18. The van der Waals surface area contributed by atoms with Crippen LogP contribution in [-0.2, 0) is 16.0 Å². The van der Waals surface area contributed by atoms with Crippen molar-refractivity contribution >= 4 is 24.3 Å². The molecule has 0 aliphatic heterocycles. The van der Waals surface area contributed by atoms with Gasteiger partial charge in [0.25, 0.3) is 5.91 Å². The van der Waals surface area contributed by atoms with Crippen LogP contribution in [0.1, 0.15) is 5.56 Å². The second-order valence-electron chi connectivity index (χ2n) is 5.23. The molecule has 0 aliphatic rings. The summed E-state index contributed by atoms with van der Waals surface area (Å²) in [7, 11) is 0. The number of ketones is 1. The number of thiol groups is 1. The van der Waals surface area contributed by atoms with E-state index in [0.29, 0.717) is 0 Å². The van der Waals surface area contributed by atoms with Gasteiger partial charge in [-0.15, -0.1) is 0 Å². The fraction of sp³-hybridized carbons (Fsp3) is 0.176. The van der Waals surface area contributed by atoms with Gasteiger partial charge in [0, 0.05) is 12.2 Å². The van der Waals surface area contributed by atoms with E-state index in [9.17, 15) is 9.59 Å². The van der Waals surface area contributed by atoms with Gasteiger partial charge in [-0.1, -0.05) is 54.6 Å². The molecule has 4 N–H and O–H groups in total. The van der Waals surface area contributed by atoms with E-state index in [2.05, 4.69) is 12.6 Å². The van der Waals surface area contributed by atoms with Gasteiger partial charge in [-0.05, 0) is 16.7 Å². The third-order valence-corrected chi connectivity index (χ3v) is 4.18. The number of carbonyl (C=O) groups is 2. The van der Waals surface area contributed by atoms with Gasteiger partial charge in [0.05, 0.1) is 0 Å². The highest BCUT2D eigenvalue weighted by Gasteiger charge is 2.40. The summed E-state index contributed by atoms with van der Waals surface area (Å²) in [5.74, 6) is -1.66. The highest BCUT2D eigenvalue weighted by molar-refractivity contribution is 7.80. The summed E-state index contributed by atoms with van der Waals surface area (Å²) >= 11 is 3.95. The number of carbonyl (C=O) groups excluding carboxylic acids is 2. The lowest BCUT2D eigenvalue weighted by molar-refractivity contribution is -0.140. The number of hydrogen-bond acceptors (Lipinski definition) is 5. The minimum absolute atomic E-state index is 0.0143. The molecule has 0 radical (unpaired) electrons. The van der Waals surface area contributed by atoms with Crippen molar-refractivity contribution in [2.24, 2.45) is 5.73 Å². The van der Waals surface area contributed by atoms with E-state index in [-0.39, 0.29) is 12.2 Å². The van der Waals surface area contributed by atoms with Gasteiger partial charge in [-0.25, -0.2) is 5.48 Å². The zero-order chi connectivity index (χ0) is 16.9. The Morgan fingerprint density at radius 2 is 1.61 bits per heavy atom. The number of hydrogen-bond donors (Lipinski definition) is 4. The smallest absolute Gasteiger partial charge is 0.271 e. The monoisotopic (exact) mass is 330 g/mol. The molecular formula is C17H18N2O3S. The number of rotatable bonds is 6. The van der Waals surface area contributed by atoms with Crippen molar-refractivity contribution in [2.45, 2.75) is 12.0 Å². The molecule has 0 aliphatic carbocycles. The first-order valence-corrected chi connectivity index (χ1v) is 7.66. The zero-order valence-electron chi connectivity index (χ0n) is 12.4. The maximum absolute atomic E-state index is 12.3. The average Bonchev–Trinajstić information content (AvgIpc) is 2.61. The van der Waals surface area contributed by atoms with Crippen LogP contribution in [-0.4, -0.2) is 28.2 Å². The Balaban J connectivity index is 2.15. The predicted octanol–water partition coefficient (Wildman–Crippen LogP) is 1.60. The van der Waals surface area contributed by atoms with E-state index in [1.165, 1.54) is 5.48 Å². The molecule has 0 aromatic heterocycles. The second kappa shape index (κ2) is 7.41. The standard InChI is InChI=1S/C17H18N2O3S/c18-17(11-23,16(21)19-22)15(20)10-12-6-8-14(9-7-12)13-4-2-1-3-5-13/h1-9,22-23H,10-11,18H2,(H,19,21)/t17-/m1/s1. The number of hydroxylamine groups is 1. The van der Waals surface area contributed by atoms with E-state index in [1.807, 2.05) is 54.6 Å². The maximum atomic E-state index is 12.3. The Bertz CT molecular complexity index is 689. The van der Waals surface area contributed by atoms with Gasteiger partial charge < -0.3 is 5.73 Å². The molecule has 0 saturated heterocycles. The molecule has 0 bridgehead atoms. The van der Waals surface area contributed by atoms with Crippen molar-refractivity contribution in [1.82, 2.24) is 5.48 Å². The van der Waals surface area contributed by atoms with Crippen molar-refractivity contribution in [3.8, 4) is 11.1 Å². The summed E-state index contributed by atoms with van der Waals surface area (Å²) < 4.78 is 0. The number of nitrogens with one attached hydrogen (secondary N) is 1. The first-order valence-electron chi connectivity index (χ1n) is 7.03. The van der Waals surface area contributed by atoms with Crippen LogP contribution < -0.4 is 11.2 Å². The van der Waals surface area contributed by atoms with Gasteiger partial charge in [-0.2, -0.15) is 12.6 Å². The third kappa shape index (κ3) is 3.79. The molecule has 5 nitrogen and oxygen atoms in total. The van der Waals surface area contributed by atoms with E-state index < -0.39 is 17.2 Å². The van der Waals surface area contributed by atoms with Crippen LogP contribution in [0.25, 0.3) is 11.1 Å². The molecule has 0 spiro atoms. The first-order chi connectivity index (χ1) is 11.0. The highest BCUT2D eigenvalue weighted by atomic mass is 32.1. The fourth-order valence-corrected chi connectivity index (χ4v) is 2.50. The van der Waals surface area contributed by atoms with Gasteiger partial charge in [0.1, 0.15) is 0 Å². The van der Waals surface area contributed by atoms with Crippen LogP contribution in [0.5, 0.6) is 0 Å². The minimum Gasteiger partial charge on any atom is -0.310 e. The molecule has 1 atom stereocenters. The lowest BCUT2D eigenvalue weighted by atomic mass is 9.91. The van der Waals surface area contributed by atoms with Crippen molar-refractivity contribution < 1.29 is 14.8 Å². The van der Waals surface area contributed by atoms with Crippen molar-refractivity contribution in [3.63, 3.8) is 0 Å². The number of benzene rings is 2. The molecule has 2 rings (SSSR count). The largest absolute Gasteiger partial charge is 0.310 e. The van der Waals surface area contributed by atoms with Crippen molar-refractivity contribution in [2.75, 3.05) is 5.75 Å². The number of amides is 1. The number of nitrogens with two attached hydrogens (primary N) is 1. The molecule has 6 heteroatoms. The molecular weight excluding hydrogens is 312 g/mol. The molecule has 0 heterocycles. The van der Waals surface area contributed by atoms with Crippen LogP contribution in [0.4, 0.5) is 0 Å². The predicted molar refractivity (Wildman–Crippen MR) is 91.3 cm³/mol. The molecule has 2 aromatic carbocycles. The molecule has 0 saturated carbocycles. The molecule has 120 valence electrons. The minimum atomic E-state index is -1.85. The fourth-order valence-electron chi connectivity index (χ4n) is 2.18. The lowest BCUT2D eigenvalue weighted by Gasteiger charge is -2.23. The highest BCUT2D eigenvalue weighted by Crippen LogP contribution is 2.20. The summed E-state index contributed by atoms with van der Waals surface area (Å²) in [5, 5.41) is 8.71. The maximum Gasteiger partial charge on any atom is 0.271 e. The second-order valence-corrected chi connectivity index (χ2v) is 5.55. The third-order valence-electron chi connectivity index (χ3n) is 3.68. The van der Waals surface area contributed by atoms with Crippen molar-refractivity contribution in [1.29, 1.82) is 0 Å².